The largest absolute Gasteiger partial charge is 0.382 e. The van der Waals surface area contributed by atoms with Crippen LogP contribution in [-0.2, 0) is 0 Å². The van der Waals surface area contributed by atoms with Crippen molar-refractivity contribution >= 4 is 0 Å². The highest BCUT2D eigenvalue weighted by Gasteiger charge is 2.39. The summed E-state index contributed by atoms with van der Waals surface area (Å²) < 4.78 is 40.0. The van der Waals surface area contributed by atoms with Crippen LogP contribution >= 0.6 is 0 Å². The van der Waals surface area contributed by atoms with Gasteiger partial charge in [-0.25, -0.2) is 13.2 Å². The molecular weight excluding hydrogens is 219 g/mol. The minimum absolute atomic E-state index is 0.383. The zero-order chi connectivity index (χ0) is 12.3. The Morgan fingerprint density at radius 2 is 2.06 bits per heavy atom. The molecule has 1 aromatic carbocycles. The number of aliphatic hydroxyl groups is 1. The average molecular weight is 233 g/mol. The molecule has 0 aliphatic heterocycles. The molecule has 1 atom stereocenters. The predicted octanol–water partition coefficient (Wildman–Crippen LogP) is 2.02. The lowest BCUT2D eigenvalue weighted by Crippen LogP contribution is -2.37. The van der Waals surface area contributed by atoms with E-state index < -0.39 is 24.4 Å². The van der Waals surface area contributed by atoms with Crippen LogP contribution in [0.2, 0.25) is 0 Å². The van der Waals surface area contributed by atoms with Crippen molar-refractivity contribution in [3.05, 3.63) is 35.1 Å². The normalized spacial score (nSPS) is 13.9. The van der Waals surface area contributed by atoms with Gasteiger partial charge in [0.15, 0.2) is 0 Å². The van der Waals surface area contributed by atoms with Crippen molar-refractivity contribution in [2.24, 2.45) is 0 Å². The highest BCUT2D eigenvalue weighted by Crippen LogP contribution is 2.32. The molecule has 5 heteroatoms. The average Bonchev–Trinajstić information content (AvgIpc) is 2.16. The van der Waals surface area contributed by atoms with E-state index in [0.29, 0.717) is 5.56 Å². The van der Waals surface area contributed by atoms with Crippen LogP contribution in [0.1, 0.15) is 17.2 Å². The van der Waals surface area contributed by atoms with Crippen LogP contribution in [0.3, 0.4) is 0 Å². The van der Waals surface area contributed by atoms with Gasteiger partial charge in [0.25, 0.3) is 5.92 Å². The summed E-state index contributed by atoms with van der Waals surface area (Å²) in [6.07, 6.45) is -2.14. The van der Waals surface area contributed by atoms with Gasteiger partial charge in [0.05, 0.1) is 6.54 Å². The number of benzene rings is 1. The van der Waals surface area contributed by atoms with Gasteiger partial charge in [0.2, 0.25) is 0 Å². The van der Waals surface area contributed by atoms with E-state index in [1.54, 1.807) is 6.92 Å². The fourth-order valence-corrected chi connectivity index (χ4v) is 1.41. The van der Waals surface area contributed by atoms with E-state index in [2.05, 4.69) is 5.32 Å². The molecule has 16 heavy (non-hydrogen) atoms. The summed E-state index contributed by atoms with van der Waals surface area (Å²) in [5, 5.41) is 11.7. The molecule has 1 rings (SSSR count). The van der Waals surface area contributed by atoms with Crippen LogP contribution in [0.15, 0.2) is 18.2 Å². The Labute approximate surface area is 92.1 Å². The second-order valence-electron chi connectivity index (χ2n) is 3.72. The maximum atomic E-state index is 13.4. The highest BCUT2D eigenvalue weighted by molar-refractivity contribution is 5.26. The van der Waals surface area contributed by atoms with E-state index in [-0.39, 0.29) is 5.56 Å². The van der Waals surface area contributed by atoms with E-state index in [0.717, 1.165) is 6.07 Å². The molecule has 0 radical (unpaired) electrons. The fourth-order valence-electron chi connectivity index (χ4n) is 1.41. The summed E-state index contributed by atoms with van der Waals surface area (Å²) in [6.45, 7) is 0.937. The van der Waals surface area contributed by atoms with Gasteiger partial charge in [-0.2, -0.15) is 0 Å². The second-order valence-corrected chi connectivity index (χ2v) is 3.72. The van der Waals surface area contributed by atoms with Gasteiger partial charge in [-0.05, 0) is 25.6 Å². The molecule has 90 valence electrons. The van der Waals surface area contributed by atoms with Crippen LogP contribution in [0.5, 0.6) is 0 Å². The van der Waals surface area contributed by atoms with Crippen LogP contribution < -0.4 is 5.32 Å². The topological polar surface area (TPSA) is 32.3 Å². The lowest BCUT2D eigenvalue weighted by atomic mass is 10.0. The van der Waals surface area contributed by atoms with Crippen LogP contribution in [0.4, 0.5) is 13.2 Å². The number of alkyl halides is 2. The first-order valence-corrected chi connectivity index (χ1v) is 4.85. The Kier molecular flexibility index (Phi) is 3.93. The van der Waals surface area contributed by atoms with E-state index in [4.69, 9.17) is 0 Å². The summed E-state index contributed by atoms with van der Waals surface area (Å²) in [4.78, 5) is 0. The van der Waals surface area contributed by atoms with Crippen LogP contribution in [0.25, 0.3) is 0 Å². The van der Waals surface area contributed by atoms with Crippen LogP contribution in [-0.4, -0.2) is 24.6 Å². The van der Waals surface area contributed by atoms with Crippen molar-refractivity contribution in [2.45, 2.75) is 19.0 Å². The monoisotopic (exact) mass is 233 g/mol. The standard InChI is InChI=1S/C11H14F3NO/c1-7-3-4-8(9(12)5-7)10(16)11(13,14)6-15-2/h3-5,10,15-16H,6H2,1-2H3. The molecule has 0 saturated heterocycles. The van der Waals surface area contributed by atoms with Gasteiger partial charge in [-0.15, -0.1) is 0 Å². The van der Waals surface area contributed by atoms with Gasteiger partial charge in [0.1, 0.15) is 11.9 Å². The van der Waals surface area contributed by atoms with Gasteiger partial charge < -0.3 is 10.4 Å². The van der Waals surface area contributed by atoms with E-state index in [1.165, 1.54) is 19.2 Å². The van der Waals surface area contributed by atoms with Gasteiger partial charge in [0, 0.05) is 5.56 Å². The smallest absolute Gasteiger partial charge is 0.289 e. The van der Waals surface area contributed by atoms with Gasteiger partial charge in [-0.3, -0.25) is 0 Å². The second kappa shape index (κ2) is 4.84. The Morgan fingerprint density at radius 1 is 1.44 bits per heavy atom. The third kappa shape index (κ3) is 2.74. The third-order valence-corrected chi connectivity index (χ3v) is 2.26. The molecule has 0 amide bonds. The van der Waals surface area contributed by atoms with Crippen molar-refractivity contribution in [1.82, 2.24) is 5.32 Å². The molecule has 0 spiro atoms. The molecule has 0 fully saturated rings. The van der Waals surface area contributed by atoms with Crippen LogP contribution in [0, 0.1) is 12.7 Å². The van der Waals surface area contributed by atoms with Crippen molar-refractivity contribution in [3.8, 4) is 0 Å². The lowest BCUT2D eigenvalue weighted by molar-refractivity contribution is -0.108. The highest BCUT2D eigenvalue weighted by atomic mass is 19.3. The zero-order valence-electron chi connectivity index (χ0n) is 9.10. The Balaban J connectivity index is 3.00. The first kappa shape index (κ1) is 13.0. The SMILES string of the molecule is CNCC(F)(F)C(O)c1ccc(C)cc1F. The van der Waals surface area contributed by atoms with E-state index in [9.17, 15) is 18.3 Å². The molecule has 0 heterocycles. The molecule has 0 aliphatic rings. The number of aryl methyl sites for hydroxylation is 1. The summed E-state index contributed by atoms with van der Waals surface area (Å²) >= 11 is 0. The summed E-state index contributed by atoms with van der Waals surface area (Å²) in [5.41, 5.74) is 0.233. The molecule has 0 saturated carbocycles. The van der Waals surface area contributed by atoms with Gasteiger partial charge in [-0.1, -0.05) is 12.1 Å². The van der Waals surface area contributed by atoms with Crippen molar-refractivity contribution in [3.63, 3.8) is 0 Å². The summed E-state index contributed by atoms with van der Waals surface area (Å²) in [5.74, 6) is -4.21. The Morgan fingerprint density at radius 3 is 2.56 bits per heavy atom. The number of rotatable bonds is 4. The lowest BCUT2D eigenvalue weighted by Gasteiger charge is -2.23. The molecular formula is C11H14F3NO. The molecule has 0 aliphatic carbocycles. The minimum atomic E-state index is -3.40. The number of halogens is 3. The number of hydrogen-bond donors (Lipinski definition) is 2. The predicted molar refractivity (Wildman–Crippen MR) is 55.0 cm³/mol. The molecule has 0 aromatic heterocycles. The number of nitrogens with one attached hydrogen (secondary N) is 1. The Hall–Kier alpha value is -1.07. The zero-order valence-corrected chi connectivity index (χ0v) is 9.10. The minimum Gasteiger partial charge on any atom is -0.382 e. The molecule has 1 aromatic rings. The number of aliphatic hydroxyl groups excluding tert-OH is 1. The third-order valence-electron chi connectivity index (χ3n) is 2.26. The molecule has 2 N–H and O–H groups in total. The Bertz CT molecular complexity index is 368. The van der Waals surface area contributed by atoms with Crippen molar-refractivity contribution < 1.29 is 18.3 Å². The maximum Gasteiger partial charge on any atom is 0.289 e. The molecule has 1 unspecified atom stereocenters. The quantitative estimate of drug-likeness (QED) is 0.834. The van der Waals surface area contributed by atoms with E-state index >= 15 is 0 Å². The first-order chi connectivity index (χ1) is 7.38. The van der Waals surface area contributed by atoms with E-state index in [1.807, 2.05) is 0 Å². The maximum absolute atomic E-state index is 13.4. The first-order valence-electron chi connectivity index (χ1n) is 4.85. The molecule has 2 nitrogen and oxygen atoms in total. The number of hydrogen-bond acceptors (Lipinski definition) is 2. The van der Waals surface area contributed by atoms with Crippen molar-refractivity contribution in [2.75, 3.05) is 13.6 Å². The van der Waals surface area contributed by atoms with Gasteiger partial charge >= 0.3 is 0 Å². The fraction of sp³-hybridized carbons (Fsp3) is 0.455. The van der Waals surface area contributed by atoms with Crippen molar-refractivity contribution in [1.29, 1.82) is 0 Å². The summed E-state index contributed by atoms with van der Waals surface area (Å²) in [7, 11) is 1.34. The summed E-state index contributed by atoms with van der Waals surface area (Å²) in [6, 6.07) is 3.78. The molecule has 0 bridgehead atoms.